The van der Waals surface area contributed by atoms with Crippen molar-refractivity contribution in [1.82, 2.24) is 4.90 Å². The van der Waals surface area contributed by atoms with Crippen molar-refractivity contribution in [2.75, 3.05) is 14.1 Å². The fourth-order valence-electron chi connectivity index (χ4n) is 9.42. The van der Waals surface area contributed by atoms with E-state index in [-0.39, 0.29) is 23.1 Å². The Kier molecular flexibility index (Phi) is 7.88. The first-order valence-electron chi connectivity index (χ1n) is 15.3. The Labute approximate surface area is 238 Å². The second-order valence-electron chi connectivity index (χ2n) is 13.9. The number of nitro groups is 1. The van der Waals surface area contributed by atoms with E-state index >= 15 is 0 Å². The third-order valence-corrected chi connectivity index (χ3v) is 11.7. The predicted molar refractivity (Wildman–Crippen MR) is 155 cm³/mol. The lowest BCUT2D eigenvalue weighted by molar-refractivity contribution is -0.384. The van der Waals surface area contributed by atoms with Gasteiger partial charge in [0.25, 0.3) is 5.69 Å². The van der Waals surface area contributed by atoms with Gasteiger partial charge in [0.2, 0.25) is 5.91 Å². The topological polar surface area (TPSA) is 89.8 Å². The van der Waals surface area contributed by atoms with Crippen molar-refractivity contribution in [2.45, 2.75) is 91.1 Å². The molecule has 8 atom stereocenters. The first-order valence-corrected chi connectivity index (χ1v) is 15.3. The lowest BCUT2D eigenvalue weighted by atomic mass is 9.47. The maximum Gasteiger partial charge on any atom is 0.338 e. The standard InChI is InChI=1S/C33H46N2O5/c1-21(6-15-30(36)34(4)5)27-13-14-28-26-12-9-23-20-25(16-18-32(23,2)29(26)17-19-33(27,28)3)40-31(37)22-7-10-24(11-8-22)35(38)39/h7-11,21,25-29H,6,12-20H2,1-5H3/t21-,25-,26+,27-,28+,29+,32+,33-/m1/s1. The smallest absolute Gasteiger partial charge is 0.338 e. The molecule has 218 valence electrons. The molecule has 0 saturated heterocycles. The van der Waals surface area contributed by atoms with Gasteiger partial charge in [0.15, 0.2) is 0 Å². The van der Waals surface area contributed by atoms with Crippen LogP contribution in [0.25, 0.3) is 0 Å². The third kappa shape index (κ3) is 5.09. The van der Waals surface area contributed by atoms with Gasteiger partial charge in [-0.3, -0.25) is 14.9 Å². The number of fused-ring (bicyclic) bond motifs is 5. The van der Waals surface area contributed by atoms with Crippen molar-refractivity contribution in [1.29, 1.82) is 0 Å². The van der Waals surface area contributed by atoms with Crippen LogP contribution in [-0.2, 0) is 9.53 Å². The number of amides is 1. The van der Waals surface area contributed by atoms with Crippen LogP contribution in [-0.4, -0.2) is 41.9 Å². The van der Waals surface area contributed by atoms with Crippen LogP contribution in [0, 0.1) is 50.5 Å². The lowest BCUT2D eigenvalue weighted by Gasteiger charge is -2.58. The minimum absolute atomic E-state index is 0.0297. The lowest BCUT2D eigenvalue weighted by Crippen LogP contribution is -2.51. The van der Waals surface area contributed by atoms with Gasteiger partial charge in [0.05, 0.1) is 10.5 Å². The zero-order valence-electron chi connectivity index (χ0n) is 24.9. The molecule has 4 aliphatic rings. The summed E-state index contributed by atoms with van der Waals surface area (Å²) >= 11 is 0. The fourth-order valence-corrected chi connectivity index (χ4v) is 9.42. The Bertz CT molecular complexity index is 1180. The Morgan fingerprint density at radius 3 is 2.48 bits per heavy atom. The molecule has 1 aromatic rings. The predicted octanol–water partition coefficient (Wildman–Crippen LogP) is 7.20. The summed E-state index contributed by atoms with van der Waals surface area (Å²) in [7, 11) is 3.70. The molecule has 1 amide bonds. The van der Waals surface area contributed by atoms with E-state index in [1.54, 1.807) is 4.90 Å². The highest BCUT2D eigenvalue weighted by Gasteiger charge is 2.59. The Balaban J connectivity index is 1.24. The number of allylic oxidation sites excluding steroid dienone is 1. The number of hydrogen-bond donors (Lipinski definition) is 0. The molecule has 4 aliphatic carbocycles. The van der Waals surface area contributed by atoms with Gasteiger partial charge in [0, 0.05) is 39.1 Å². The third-order valence-electron chi connectivity index (χ3n) is 11.7. The van der Waals surface area contributed by atoms with E-state index in [1.165, 1.54) is 55.5 Å². The number of nitrogens with zero attached hydrogens (tertiary/aromatic N) is 2. The fraction of sp³-hybridized carbons (Fsp3) is 0.697. The van der Waals surface area contributed by atoms with Crippen molar-refractivity contribution in [3.8, 4) is 0 Å². The molecule has 7 nitrogen and oxygen atoms in total. The molecule has 0 N–H and O–H groups in total. The van der Waals surface area contributed by atoms with Gasteiger partial charge >= 0.3 is 5.97 Å². The van der Waals surface area contributed by atoms with Crippen molar-refractivity contribution < 1.29 is 19.2 Å². The summed E-state index contributed by atoms with van der Waals surface area (Å²) in [6.45, 7) is 7.41. The highest BCUT2D eigenvalue weighted by atomic mass is 16.6. The van der Waals surface area contributed by atoms with Gasteiger partial charge in [-0.2, -0.15) is 0 Å². The average molecular weight is 551 g/mol. The molecule has 0 spiro atoms. The average Bonchev–Trinajstić information content (AvgIpc) is 3.29. The summed E-state index contributed by atoms with van der Waals surface area (Å²) < 4.78 is 5.91. The number of non-ortho nitro benzene ring substituents is 1. The minimum Gasteiger partial charge on any atom is -0.458 e. The van der Waals surface area contributed by atoms with Crippen molar-refractivity contribution in [3.63, 3.8) is 0 Å². The van der Waals surface area contributed by atoms with Crippen molar-refractivity contribution >= 4 is 17.6 Å². The van der Waals surface area contributed by atoms with Crippen LogP contribution in [0.1, 0.15) is 95.3 Å². The molecule has 7 heteroatoms. The molecule has 0 aromatic heterocycles. The van der Waals surface area contributed by atoms with Crippen LogP contribution < -0.4 is 0 Å². The Morgan fingerprint density at radius 1 is 1.07 bits per heavy atom. The van der Waals surface area contributed by atoms with Crippen LogP contribution in [0.15, 0.2) is 35.9 Å². The van der Waals surface area contributed by atoms with Crippen LogP contribution in [0.4, 0.5) is 5.69 Å². The molecular weight excluding hydrogens is 504 g/mol. The summed E-state index contributed by atoms with van der Waals surface area (Å²) in [6, 6.07) is 5.67. The van der Waals surface area contributed by atoms with E-state index in [9.17, 15) is 19.7 Å². The first-order chi connectivity index (χ1) is 18.9. The summed E-state index contributed by atoms with van der Waals surface area (Å²) in [5.74, 6) is 3.25. The van der Waals surface area contributed by atoms with E-state index in [0.29, 0.717) is 41.1 Å². The van der Waals surface area contributed by atoms with E-state index in [1.807, 2.05) is 14.1 Å². The zero-order valence-corrected chi connectivity index (χ0v) is 24.9. The second-order valence-corrected chi connectivity index (χ2v) is 13.9. The molecular formula is C33H46N2O5. The van der Waals surface area contributed by atoms with Crippen LogP contribution in [0.3, 0.4) is 0 Å². The zero-order chi connectivity index (χ0) is 28.8. The number of nitro benzene ring substituents is 1. The van der Waals surface area contributed by atoms with E-state index in [0.717, 1.165) is 38.0 Å². The van der Waals surface area contributed by atoms with Gasteiger partial charge < -0.3 is 9.64 Å². The highest BCUT2D eigenvalue weighted by Crippen LogP contribution is 2.67. The number of carbonyl (C=O) groups is 2. The maximum absolute atomic E-state index is 12.8. The minimum atomic E-state index is -0.464. The molecule has 0 bridgehead atoms. The highest BCUT2D eigenvalue weighted by molar-refractivity contribution is 5.89. The number of benzene rings is 1. The second kappa shape index (κ2) is 10.9. The summed E-state index contributed by atoms with van der Waals surface area (Å²) in [5, 5.41) is 10.9. The molecule has 0 unspecified atom stereocenters. The van der Waals surface area contributed by atoms with Crippen LogP contribution in [0.5, 0.6) is 0 Å². The summed E-state index contributed by atoms with van der Waals surface area (Å²) in [4.78, 5) is 37.2. The first kappa shape index (κ1) is 28.8. The summed E-state index contributed by atoms with van der Waals surface area (Å²) in [5.41, 5.74) is 2.33. The molecule has 3 saturated carbocycles. The van der Waals surface area contributed by atoms with Crippen molar-refractivity contribution in [3.05, 3.63) is 51.6 Å². The molecule has 1 aromatic carbocycles. The molecule has 5 rings (SSSR count). The van der Waals surface area contributed by atoms with Gasteiger partial charge in [-0.1, -0.05) is 32.4 Å². The molecule has 0 aliphatic heterocycles. The Morgan fingerprint density at radius 2 is 1.80 bits per heavy atom. The molecule has 40 heavy (non-hydrogen) atoms. The largest absolute Gasteiger partial charge is 0.458 e. The van der Waals surface area contributed by atoms with Gasteiger partial charge in [-0.25, -0.2) is 4.79 Å². The number of rotatable bonds is 7. The SMILES string of the molecule is C[C@H](CCC(=O)N(C)C)[C@H]1CC[C@H]2[C@@H]3CC=C4C[C@H](OC(=O)c5ccc([N+](=O)[O-])cc5)CC[C@]4(C)[C@H]3CC[C@]12C. The van der Waals surface area contributed by atoms with E-state index < -0.39 is 10.9 Å². The number of esters is 1. The monoisotopic (exact) mass is 550 g/mol. The van der Waals surface area contributed by atoms with Crippen LogP contribution in [0.2, 0.25) is 0 Å². The van der Waals surface area contributed by atoms with Gasteiger partial charge in [-0.15, -0.1) is 0 Å². The summed E-state index contributed by atoms with van der Waals surface area (Å²) in [6.07, 6.45) is 12.9. The van der Waals surface area contributed by atoms with E-state index in [2.05, 4.69) is 26.8 Å². The Hall–Kier alpha value is -2.70. The van der Waals surface area contributed by atoms with Crippen LogP contribution >= 0.6 is 0 Å². The normalized spacial score (nSPS) is 35.4. The molecule has 0 heterocycles. The van der Waals surface area contributed by atoms with Gasteiger partial charge in [0.1, 0.15) is 6.10 Å². The molecule has 0 radical (unpaired) electrons. The van der Waals surface area contributed by atoms with Gasteiger partial charge in [-0.05, 0) is 104 Å². The number of carbonyl (C=O) groups excluding carboxylic acids is 2. The van der Waals surface area contributed by atoms with Crippen molar-refractivity contribution in [2.24, 2.45) is 40.4 Å². The number of hydrogen-bond acceptors (Lipinski definition) is 5. The maximum atomic E-state index is 12.8. The number of ether oxygens (including phenoxy) is 1. The van der Waals surface area contributed by atoms with E-state index in [4.69, 9.17) is 4.74 Å². The quantitative estimate of drug-likeness (QED) is 0.155. The molecule has 3 fully saturated rings.